The summed E-state index contributed by atoms with van der Waals surface area (Å²) in [6.07, 6.45) is -1.22. The van der Waals surface area contributed by atoms with Crippen LogP contribution >= 0.6 is 0 Å². The summed E-state index contributed by atoms with van der Waals surface area (Å²) in [6.45, 7) is 0. The van der Waals surface area contributed by atoms with Crippen molar-refractivity contribution in [3.63, 3.8) is 0 Å². The Morgan fingerprint density at radius 1 is 1.42 bits per heavy atom. The molecule has 1 saturated carbocycles. The third kappa shape index (κ3) is 0.852. The lowest BCUT2D eigenvalue weighted by atomic mass is 10.0. The number of halogens is 3. The number of imidazole rings is 1. The predicted molar refractivity (Wildman–Crippen MR) is 35.6 cm³/mol. The van der Waals surface area contributed by atoms with Gasteiger partial charge in [-0.3, -0.25) is 0 Å². The number of aromatic nitrogens is 2. The third-order valence-electron chi connectivity index (χ3n) is 2.28. The highest BCUT2D eigenvalue weighted by Crippen LogP contribution is 2.58. The van der Waals surface area contributed by atoms with Crippen LogP contribution in [-0.4, -0.2) is 16.1 Å². The molecule has 0 atom stereocenters. The summed E-state index contributed by atoms with van der Waals surface area (Å²) in [5.74, 6) is 0. The molecule has 1 aliphatic rings. The molecule has 1 aromatic rings. The number of alkyl halides is 3. The summed E-state index contributed by atoms with van der Waals surface area (Å²) >= 11 is 0. The van der Waals surface area contributed by atoms with Crippen molar-refractivity contribution in [1.82, 2.24) is 9.97 Å². The van der Waals surface area contributed by atoms with E-state index < -0.39 is 11.6 Å². The van der Waals surface area contributed by atoms with Crippen LogP contribution in [0.25, 0.3) is 0 Å². The molecule has 0 spiro atoms. The van der Waals surface area contributed by atoms with Crippen LogP contribution < -0.4 is 0 Å². The van der Waals surface area contributed by atoms with E-state index in [1.165, 1.54) is 12.5 Å². The lowest BCUT2D eigenvalue weighted by Crippen LogP contribution is -2.28. The number of nitrogens with zero attached hydrogens (tertiary/aromatic N) is 1. The first-order chi connectivity index (χ1) is 5.56. The Balaban J connectivity index is 2.35. The first kappa shape index (κ1) is 7.64. The standard InChI is InChI=1S/C7H7F3N2/c8-7(9,10)6(1-2-6)5-3-11-4-12-5/h3-4H,1-2H2,(H,11,12). The van der Waals surface area contributed by atoms with Crippen LogP contribution in [0.4, 0.5) is 13.2 Å². The molecular weight excluding hydrogens is 169 g/mol. The zero-order chi connectivity index (χ0) is 8.82. The van der Waals surface area contributed by atoms with Crippen molar-refractivity contribution in [3.8, 4) is 0 Å². The van der Waals surface area contributed by atoms with Crippen molar-refractivity contribution in [2.45, 2.75) is 24.4 Å². The summed E-state index contributed by atoms with van der Waals surface area (Å²) in [4.78, 5) is 6.18. The van der Waals surface area contributed by atoms with Crippen LogP contribution in [0.5, 0.6) is 0 Å². The second-order valence-corrected chi connectivity index (χ2v) is 3.03. The first-order valence-corrected chi connectivity index (χ1v) is 3.62. The molecule has 0 amide bonds. The largest absolute Gasteiger partial charge is 0.400 e. The van der Waals surface area contributed by atoms with Gasteiger partial charge in [-0.1, -0.05) is 0 Å². The summed E-state index contributed by atoms with van der Waals surface area (Å²) in [6, 6.07) is 0. The van der Waals surface area contributed by atoms with Crippen LogP contribution in [0.15, 0.2) is 12.5 Å². The molecule has 0 aliphatic heterocycles. The van der Waals surface area contributed by atoms with Gasteiger partial charge in [0.1, 0.15) is 5.41 Å². The Bertz CT molecular complexity index is 271. The number of H-pyrrole nitrogens is 1. The SMILES string of the molecule is FC(F)(F)C1(c2c[nH]cn2)CC1. The van der Waals surface area contributed by atoms with Crippen molar-refractivity contribution in [1.29, 1.82) is 0 Å². The molecule has 0 aromatic carbocycles. The fraction of sp³-hybridized carbons (Fsp3) is 0.571. The average molecular weight is 176 g/mol. The second-order valence-electron chi connectivity index (χ2n) is 3.03. The van der Waals surface area contributed by atoms with Gasteiger partial charge in [0.05, 0.1) is 12.0 Å². The van der Waals surface area contributed by atoms with Gasteiger partial charge in [0, 0.05) is 6.20 Å². The highest BCUT2D eigenvalue weighted by atomic mass is 19.4. The highest BCUT2D eigenvalue weighted by Gasteiger charge is 2.65. The summed E-state index contributed by atoms with van der Waals surface area (Å²) in [5, 5.41) is 0. The molecule has 1 aliphatic carbocycles. The van der Waals surface area contributed by atoms with Crippen molar-refractivity contribution < 1.29 is 13.2 Å². The third-order valence-corrected chi connectivity index (χ3v) is 2.28. The first-order valence-electron chi connectivity index (χ1n) is 3.62. The van der Waals surface area contributed by atoms with E-state index in [1.54, 1.807) is 0 Å². The Morgan fingerprint density at radius 3 is 2.42 bits per heavy atom. The minimum absolute atomic E-state index is 0.120. The quantitative estimate of drug-likeness (QED) is 0.696. The Kier molecular flexibility index (Phi) is 1.29. The Hall–Kier alpha value is -1.00. The molecule has 1 aromatic heterocycles. The molecule has 66 valence electrons. The van der Waals surface area contributed by atoms with Gasteiger partial charge in [-0.15, -0.1) is 0 Å². The van der Waals surface area contributed by atoms with Crippen LogP contribution in [0.1, 0.15) is 18.5 Å². The average Bonchev–Trinajstić information content (AvgIpc) is 2.61. The van der Waals surface area contributed by atoms with Gasteiger partial charge in [0.15, 0.2) is 0 Å². The molecule has 2 rings (SSSR count). The molecule has 2 nitrogen and oxygen atoms in total. The highest BCUT2D eigenvalue weighted by molar-refractivity contribution is 5.25. The van der Waals surface area contributed by atoms with Crippen molar-refractivity contribution in [2.75, 3.05) is 0 Å². The van der Waals surface area contributed by atoms with E-state index >= 15 is 0 Å². The minimum Gasteiger partial charge on any atom is -0.351 e. The summed E-state index contributed by atoms with van der Waals surface area (Å²) in [5.41, 5.74) is -1.51. The fourth-order valence-corrected chi connectivity index (χ4v) is 1.33. The van der Waals surface area contributed by atoms with Gasteiger partial charge >= 0.3 is 6.18 Å². The van der Waals surface area contributed by atoms with Gasteiger partial charge in [-0.2, -0.15) is 13.2 Å². The Labute approximate surface area is 66.8 Å². The molecular formula is C7H7F3N2. The molecule has 0 radical (unpaired) electrons. The van der Waals surface area contributed by atoms with E-state index in [0.717, 1.165) is 0 Å². The maximum atomic E-state index is 12.4. The number of hydrogen-bond donors (Lipinski definition) is 1. The van der Waals surface area contributed by atoms with Gasteiger partial charge in [0.25, 0.3) is 0 Å². The number of aromatic amines is 1. The lowest BCUT2D eigenvalue weighted by Gasteiger charge is -2.16. The van der Waals surface area contributed by atoms with Crippen LogP contribution in [0.3, 0.4) is 0 Å². The van der Waals surface area contributed by atoms with E-state index in [-0.39, 0.29) is 18.5 Å². The van der Waals surface area contributed by atoms with E-state index in [2.05, 4.69) is 9.97 Å². The van der Waals surface area contributed by atoms with Gasteiger partial charge in [-0.25, -0.2) is 4.98 Å². The predicted octanol–water partition coefficient (Wildman–Crippen LogP) is 2.00. The van der Waals surface area contributed by atoms with Gasteiger partial charge < -0.3 is 4.98 Å². The van der Waals surface area contributed by atoms with Crippen LogP contribution in [0.2, 0.25) is 0 Å². The summed E-state index contributed by atoms with van der Waals surface area (Å²) in [7, 11) is 0. The van der Waals surface area contributed by atoms with E-state index in [0.29, 0.717) is 0 Å². The maximum Gasteiger partial charge on any atom is 0.400 e. The molecule has 0 unspecified atom stereocenters. The molecule has 0 bridgehead atoms. The molecule has 5 heteroatoms. The molecule has 12 heavy (non-hydrogen) atoms. The molecule has 1 heterocycles. The number of rotatable bonds is 1. The smallest absolute Gasteiger partial charge is 0.351 e. The van der Waals surface area contributed by atoms with E-state index in [1.807, 2.05) is 0 Å². The molecule has 1 fully saturated rings. The van der Waals surface area contributed by atoms with E-state index in [4.69, 9.17) is 0 Å². The molecule has 1 N–H and O–H groups in total. The fourth-order valence-electron chi connectivity index (χ4n) is 1.33. The van der Waals surface area contributed by atoms with Crippen molar-refractivity contribution in [3.05, 3.63) is 18.2 Å². The van der Waals surface area contributed by atoms with Gasteiger partial charge in [-0.05, 0) is 12.8 Å². The zero-order valence-electron chi connectivity index (χ0n) is 6.15. The van der Waals surface area contributed by atoms with Gasteiger partial charge in [0.2, 0.25) is 0 Å². The number of hydrogen-bond acceptors (Lipinski definition) is 1. The maximum absolute atomic E-state index is 12.4. The summed E-state index contributed by atoms with van der Waals surface area (Å²) < 4.78 is 37.2. The van der Waals surface area contributed by atoms with Crippen LogP contribution in [0, 0.1) is 0 Å². The normalized spacial score (nSPS) is 20.9. The lowest BCUT2D eigenvalue weighted by molar-refractivity contribution is -0.161. The Morgan fingerprint density at radius 2 is 2.08 bits per heavy atom. The number of nitrogens with one attached hydrogen (secondary N) is 1. The minimum atomic E-state index is -4.15. The molecule has 0 saturated heterocycles. The van der Waals surface area contributed by atoms with E-state index in [9.17, 15) is 13.2 Å². The van der Waals surface area contributed by atoms with Crippen molar-refractivity contribution >= 4 is 0 Å². The zero-order valence-corrected chi connectivity index (χ0v) is 6.15. The van der Waals surface area contributed by atoms with Crippen molar-refractivity contribution in [2.24, 2.45) is 0 Å². The topological polar surface area (TPSA) is 28.7 Å². The van der Waals surface area contributed by atoms with Crippen LogP contribution in [-0.2, 0) is 5.41 Å². The monoisotopic (exact) mass is 176 g/mol. The second kappa shape index (κ2) is 2.02.